The standard InChI is InChI=1S/C33H63NO5S/c1-3-5-7-9-11-13-15-17-19-21-23-25-27-29-33(36)34-31(30-40(37,38)39)32(35)28-26-24-22-20-18-16-14-12-10-8-6-4-2/h13,15,26,28,31-32,35H,3-12,14,16-25,27,29-30H2,1-2H3,(H,34,36)(H,37,38,39)/b15-13-,28-26+. The monoisotopic (exact) mass is 585 g/mol. The Kier molecular flexibility index (Phi) is 27.1. The summed E-state index contributed by atoms with van der Waals surface area (Å²) in [5.41, 5.74) is 0. The highest BCUT2D eigenvalue weighted by Crippen LogP contribution is 2.12. The Hall–Kier alpha value is -1.18. The maximum atomic E-state index is 12.4. The fraction of sp³-hybridized carbons (Fsp3) is 0.848. The van der Waals surface area contributed by atoms with E-state index in [1.807, 2.05) is 6.08 Å². The number of rotatable bonds is 29. The maximum Gasteiger partial charge on any atom is 0.267 e. The van der Waals surface area contributed by atoms with E-state index in [1.54, 1.807) is 6.08 Å². The molecule has 7 heteroatoms. The van der Waals surface area contributed by atoms with Crippen LogP contribution in [-0.4, -0.2) is 41.9 Å². The number of aliphatic hydroxyl groups excluding tert-OH is 1. The van der Waals surface area contributed by atoms with Crippen molar-refractivity contribution < 1.29 is 22.9 Å². The summed E-state index contributed by atoms with van der Waals surface area (Å²) >= 11 is 0. The van der Waals surface area contributed by atoms with Gasteiger partial charge in [0, 0.05) is 6.42 Å². The first-order valence-electron chi connectivity index (χ1n) is 16.5. The molecule has 0 saturated carbocycles. The summed E-state index contributed by atoms with van der Waals surface area (Å²) in [5.74, 6) is -0.990. The number of hydrogen-bond donors (Lipinski definition) is 3. The molecule has 0 aliphatic rings. The molecule has 0 heterocycles. The molecular formula is C33H63NO5S. The summed E-state index contributed by atoms with van der Waals surface area (Å²) in [6.45, 7) is 4.46. The second-order valence-corrected chi connectivity index (χ2v) is 12.9. The van der Waals surface area contributed by atoms with Gasteiger partial charge in [-0.15, -0.1) is 0 Å². The van der Waals surface area contributed by atoms with Crippen LogP contribution in [0.4, 0.5) is 0 Å². The lowest BCUT2D eigenvalue weighted by atomic mass is 10.1. The smallest absolute Gasteiger partial charge is 0.267 e. The molecule has 0 aromatic carbocycles. The second kappa shape index (κ2) is 28.0. The number of hydrogen-bond acceptors (Lipinski definition) is 4. The normalized spacial score (nSPS) is 13.8. The van der Waals surface area contributed by atoms with Gasteiger partial charge >= 0.3 is 0 Å². The highest BCUT2D eigenvalue weighted by atomic mass is 32.2. The van der Waals surface area contributed by atoms with Crippen LogP contribution in [0.25, 0.3) is 0 Å². The zero-order valence-electron chi connectivity index (χ0n) is 26.0. The fourth-order valence-electron chi connectivity index (χ4n) is 4.85. The summed E-state index contributed by atoms with van der Waals surface area (Å²) < 4.78 is 32.2. The van der Waals surface area contributed by atoms with Crippen LogP contribution in [0.3, 0.4) is 0 Å². The van der Waals surface area contributed by atoms with Crippen molar-refractivity contribution in [2.75, 3.05) is 5.75 Å². The predicted octanol–water partition coefficient (Wildman–Crippen LogP) is 8.84. The Balaban J connectivity index is 4.07. The summed E-state index contributed by atoms with van der Waals surface area (Å²) in [4.78, 5) is 12.4. The highest BCUT2D eigenvalue weighted by Gasteiger charge is 2.24. The van der Waals surface area contributed by atoms with Gasteiger partial charge in [-0.05, 0) is 44.9 Å². The van der Waals surface area contributed by atoms with Gasteiger partial charge in [-0.3, -0.25) is 9.35 Å². The fourth-order valence-corrected chi connectivity index (χ4v) is 5.59. The zero-order chi connectivity index (χ0) is 29.7. The molecule has 0 aromatic heterocycles. The average molecular weight is 586 g/mol. The van der Waals surface area contributed by atoms with Gasteiger partial charge in [-0.1, -0.05) is 134 Å². The van der Waals surface area contributed by atoms with Crippen molar-refractivity contribution in [3.63, 3.8) is 0 Å². The molecule has 6 nitrogen and oxygen atoms in total. The summed E-state index contributed by atoms with van der Waals surface area (Å²) in [6.07, 6.45) is 33.0. The highest BCUT2D eigenvalue weighted by molar-refractivity contribution is 7.85. The molecule has 0 aromatic rings. The molecule has 0 saturated heterocycles. The third-order valence-corrected chi connectivity index (χ3v) is 8.15. The van der Waals surface area contributed by atoms with Crippen LogP contribution >= 0.6 is 0 Å². The Morgan fingerprint density at radius 1 is 0.650 bits per heavy atom. The minimum Gasteiger partial charge on any atom is -0.387 e. The average Bonchev–Trinajstić information content (AvgIpc) is 2.90. The van der Waals surface area contributed by atoms with E-state index in [4.69, 9.17) is 0 Å². The van der Waals surface area contributed by atoms with Crippen LogP contribution in [0.2, 0.25) is 0 Å². The third-order valence-electron chi connectivity index (χ3n) is 7.37. The molecule has 0 bridgehead atoms. The van der Waals surface area contributed by atoms with Crippen molar-refractivity contribution in [2.45, 2.75) is 174 Å². The van der Waals surface area contributed by atoms with Gasteiger partial charge in [0.25, 0.3) is 10.1 Å². The first kappa shape index (κ1) is 38.8. The summed E-state index contributed by atoms with van der Waals surface area (Å²) in [5, 5.41) is 13.1. The quantitative estimate of drug-likeness (QED) is 0.0462. The molecule has 0 rings (SSSR count). The number of carbonyl (C=O) groups excluding carboxylic acids is 1. The number of nitrogens with one attached hydrogen (secondary N) is 1. The first-order chi connectivity index (χ1) is 19.3. The van der Waals surface area contributed by atoms with Gasteiger partial charge in [0.05, 0.1) is 17.9 Å². The Morgan fingerprint density at radius 3 is 1.52 bits per heavy atom. The van der Waals surface area contributed by atoms with E-state index >= 15 is 0 Å². The SMILES string of the molecule is CCCCCC/C=C\CCCCCCCC(=O)NC(CS(=O)(=O)O)C(O)/C=C/CCCCCCCCCCCC. The van der Waals surface area contributed by atoms with Crippen LogP contribution < -0.4 is 5.32 Å². The van der Waals surface area contributed by atoms with Crippen LogP contribution in [0.15, 0.2) is 24.3 Å². The van der Waals surface area contributed by atoms with Crippen molar-refractivity contribution in [1.82, 2.24) is 5.32 Å². The van der Waals surface area contributed by atoms with Crippen LogP contribution in [0, 0.1) is 0 Å². The van der Waals surface area contributed by atoms with Crippen molar-refractivity contribution >= 4 is 16.0 Å². The molecule has 2 unspecified atom stereocenters. The van der Waals surface area contributed by atoms with Gasteiger partial charge in [-0.25, -0.2) is 0 Å². The molecule has 2 atom stereocenters. The minimum atomic E-state index is -4.33. The second-order valence-electron chi connectivity index (χ2n) is 11.4. The molecule has 236 valence electrons. The molecule has 0 radical (unpaired) electrons. The van der Waals surface area contributed by atoms with E-state index in [0.29, 0.717) is 0 Å². The maximum absolute atomic E-state index is 12.4. The van der Waals surface area contributed by atoms with E-state index in [9.17, 15) is 22.9 Å². The van der Waals surface area contributed by atoms with Crippen molar-refractivity contribution in [2.24, 2.45) is 0 Å². The Bertz CT molecular complexity index is 735. The van der Waals surface area contributed by atoms with E-state index in [0.717, 1.165) is 57.8 Å². The van der Waals surface area contributed by atoms with E-state index in [2.05, 4.69) is 31.3 Å². The van der Waals surface area contributed by atoms with Crippen molar-refractivity contribution in [1.29, 1.82) is 0 Å². The first-order valence-corrected chi connectivity index (χ1v) is 18.1. The minimum absolute atomic E-state index is 0.286. The van der Waals surface area contributed by atoms with E-state index in [1.165, 1.54) is 83.5 Å². The molecule has 0 spiro atoms. The summed E-state index contributed by atoms with van der Waals surface area (Å²) in [6, 6.07) is -1.06. The van der Waals surface area contributed by atoms with Crippen LogP contribution in [-0.2, 0) is 14.9 Å². The molecule has 1 amide bonds. The Labute approximate surface area is 247 Å². The van der Waals surface area contributed by atoms with Crippen LogP contribution in [0.5, 0.6) is 0 Å². The molecule has 3 N–H and O–H groups in total. The molecule has 0 fully saturated rings. The molecular weight excluding hydrogens is 522 g/mol. The van der Waals surface area contributed by atoms with Gasteiger partial charge in [-0.2, -0.15) is 8.42 Å². The number of carbonyl (C=O) groups is 1. The van der Waals surface area contributed by atoms with Gasteiger partial charge in [0.2, 0.25) is 5.91 Å². The van der Waals surface area contributed by atoms with Crippen molar-refractivity contribution in [3.8, 4) is 0 Å². The number of allylic oxidation sites excluding steroid dienone is 3. The third kappa shape index (κ3) is 28.4. The number of amides is 1. The largest absolute Gasteiger partial charge is 0.387 e. The lowest BCUT2D eigenvalue weighted by molar-refractivity contribution is -0.122. The Morgan fingerprint density at radius 2 is 1.05 bits per heavy atom. The van der Waals surface area contributed by atoms with E-state index < -0.39 is 28.0 Å². The predicted molar refractivity (Wildman–Crippen MR) is 170 cm³/mol. The number of unbranched alkanes of at least 4 members (excludes halogenated alkanes) is 19. The topological polar surface area (TPSA) is 104 Å². The van der Waals surface area contributed by atoms with E-state index in [-0.39, 0.29) is 12.3 Å². The van der Waals surface area contributed by atoms with Gasteiger partial charge in [0.1, 0.15) is 0 Å². The molecule has 0 aliphatic heterocycles. The van der Waals surface area contributed by atoms with Gasteiger partial charge in [0.15, 0.2) is 0 Å². The zero-order valence-corrected chi connectivity index (χ0v) is 26.8. The lowest BCUT2D eigenvalue weighted by Gasteiger charge is -2.21. The molecule has 40 heavy (non-hydrogen) atoms. The van der Waals surface area contributed by atoms with Gasteiger partial charge < -0.3 is 10.4 Å². The van der Waals surface area contributed by atoms with Crippen molar-refractivity contribution in [3.05, 3.63) is 24.3 Å². The van der Waals surface area contributed by atoms with Crippen LogP contribution in [0.1, 0.15) is 162 Å². The lowest BCUT2D eigenvalue weighted by Crippen LogP contribution is -2.46. The molecule has 0 aliphatic carbocycles. The summed E-state index contributed by atoms with van der Waals surface area (Å²) in [7, 11) is -4.33. The number of aliphatic hydroxyl groups is 1.